The average molecular weight is 335 g/mol. The van der Waals surface area contributed by atoms with Crippen LogP contribution in [0.25, 0.3) is 0 Å². The third kappa shape index (κ3) is 4.86. The molecule has 1 unspecified atom stereocenters. The van der Waals surface area contributed by atoms with Crippen molar-refractivity contribution in [1.82, 2.24) is 5.32 Å². The molecular formula is C13H17BrClNO2. The summed E-state index contributed by atoms with van der Waals surface area (Å²) in [5, 5.41) is 3.31. The van der Waals surface area contributed by atoms with Crippen LogP contribution in [0.15, 0.2) is 22.7 Å². The molecule has 18 heavy (non-hydrogen) atoms. The SMILES string of the molecule is CC(C)CNC(=O)C(C)Oc1cc(Br)ccc1Cl. The van der Waals surface area contributed by atoms with Gasteiger partial charge in [0.05, 0.1) is 5.02 Å². The first-order valence-electron chi connectivity index (χ1n) is 5.79. The van der Waals surface area contributed by atoms with Crippen molar-refractivity contribution in [3.63, 3.8) is 0 Å². The van der Waals surface area contributed by atoms with Crippen LogP contribution in [0.5, 0.6) is 5.75 Å². The number of carbonyl (C=O) groups is 1. The second-order valence-electron chi connectivity index (χ2n) is 4.47. The van der Waals surface area contributed by atoms with Crippen molar-refractivity contribution < 1.29 is 9.53 Å². The summed E-state index contributed by atoms with van der Waals surface area (Å²) in [7, 11) is 0. The number of halogens is 2. The maximum Gasteiger partial charge on any atom is 0.260 e. The van der Waals surface area contributed by atoms with E-state index in [-0.39, 0.29) is 5.91 Å². The van der Waals surface area contributed by atoms with Crippen LogP contribution in [0.1, 0.15) is 20.8 Å². The number of amides is 1. The van der Waals surface area contributed by atoms with Crippen molar-refractivity contribution in [2.24, 2.45) is 5.92 Å². The molecular weight excluding hydrogens is 318 g/mol. The standard InChI is InChI=1S/C13H17BrClNO2/c1-8(2)7-16-13(17)9(3)18-12-6-10(14)4-5-11(12)15/h4-6,8-9H,7H2,1-3H3,(H,16,17). The van der Waals surface area contributed by atoms with E-state index in [0.717, 1.165) is 4.47 Å². The Morgan fingerprint density at radius 1 is 1.44 bits per heavy atom. The van der Waals surface area contributed by atoms with Gasteiger partial charge in [-0.05, 0) is 31.0 Å². The van der Waals surface area contributed by atoms with Gasteiger partial charge in [0, 0.05) is 11.0 Å². The summed E-state index contributed by atoms with van der Waals surface area (Å²) in [6, 6.07) is 5.28. The highest BCUT2D eigenvalue weighted by Gasteiger charge is 2.16. The van der Waals surface area contributed by atoms with Gasteiger partial charge in [0.15, 0.2) is 6.10 Å². The van der Waals surface area contributed by atoms with Gasteiger partial charge in [-0.2, -0.15) is 0 Å². The Hall–Kier alpha value is -0.740. The summed E-state index contributed by atoms with van der Waals surface area (Å²) >= 11 is 9.33. The van der Waals surface area contributed by atoms with Crippen LogP contribution in [0.2, 0.25) is 5.02 Å². The minimum atomic E-state index is -0.574. The zero-order valence-corrected chi connectivity index (χ0v) is 13.0. The van der Waals surface area contributed by atoms with E-state index in [4.69, 9.17) is 16.3 Å². The molecule has 0 aromatic heterocycles. The summed E-state index contributed by atoms with van der Waals surface area (Å²) in [6.07, 6.45) is -0.574. The van der Waals surface area contributed by atoms with Gasteiger partial charge in [-0.1, -0.05) is 41.4 Å². The maximum atomic E-state index is 11.8. The fourth-order valence-electron chi connectivity index (χ4n) is 1.26. The minimum absolute atomic E-state index is 0.139. The Morgan fingerprint density at radius 3 is 2.72 bits per heavy atom. The van der Waals surface area contributed by atoms with E-state index < -0.39 is 6.10 Å². The van der Waals surface area contributed by atoms with Crippen LogP contribution in [0.3, 0.4) is 0 Å². The minimum Gasteiger partial charge on any atom is -0.479 e. The molecule has 0 spiro atoms. The van der Waals surface area contributed by atoms with Crippen molar-refractivity contribution in [3.05, 3.63) is 27.7 Å². The molecule has 0 aliphatic carbocycles. The van der Waals surface area contributed by atoms with E-state index >= 15 is 0 Å². The number of nitrogens with one attached hydrogen (secondary N) is 1. The lowest BCUT2D eigenvalue weighted by Crippen LogP contribution is -2.38. The topological polar surface area (TPSA) is 38.3 Å². The highest BCUT2D eigenvalue weighted by molar-refractivity contribution is 9.10. The van der Waals surface area contributed by atoms with E-state index in [0.29, 0.717) is 23.2 Å². The van der Waals surface area contributed by atoms with E-state index in [1.165, 1.54) is 0 Å². The molecule has 0 radical (unpaired) electrons. The Bertz CT molecular complexity index is 423. The number of hydrogen-bond donors (Lipinski definition) is 1. The summed E-state index contributed by atoms with van der Waals surface area (Å²) < 4.78 is 6.40. The van der Waals surface area contributed by atoms with Crippen LogP contribution in [-0.4, -0.2) is 18.6 Å². The predicted molar refractivity (Wildman–Crippen MR) is 77.1 cm³/mol. The van der Waals surface area contributed by atoms with Crippen LogP contribution >= 0.6 is 27.5 Å². The molecule has 0 fully saturated rings. The highest BCUT2D eigenvalue weighted by atomic mass is 79.9. The van der Waals surface area contributed by atoms with Gasteiger partial charge in [-0.3, -0.25) is 4.79 Å². The first-order valence-corrected chi connectivity index (χ1v) is 6.96. The van der Waals surface area contributed by atoms with E-state index in [9.17, 15) is 4.79 Å². The largest absolute Gasteiger partial charge is 0.479 e. The molecule has 100 valence electrons. The fourth-order valence-corrected chi connectivity index (χ4v) is 1.76. The quantitative estimate of drug-likeness (QED) is 0.893. The first-order chi connectivity index (χ1) is 8.40. The zero-order chi connectivity index (χ0) is 13.7. The van der Waals surface area contributed by atoms with Crippen molar-refractivity contribution in [2.45, 2.75) is 26.9 Å². The van der Waals surface area contributed by atoms with Gasteiger partial charge in [-0.25, -0.2) is 0 Å². The Morgan fingerprint density at radius 2 is 2.11 bits per heavy atom. The van der Waals surface area contributed by atoms with E-state index in [2.05, 4.69) is 21.2 Å². The van der Waals surface area contributed by atoms with Gasteiger partial charge >= 0.3 is 0 Å². The molecule has 1 aromatic rings. The molecule has 0 saturated heterocycles. The van der Waals surface area contributed by atoms with Crippen molar-refractivity contribution >= 4 is 33.4 Å². The number of hydrogen-bond acceptors (Lipinski definition) is 2. The second kappa shape index (κ2) is 7.00. The molecule has 1 atom stereocenters. The Labute approximate surface area is 121 Å². The van der Waals surface area contributed by atoms with Crippen LogP contribution in [0.4, 0.5) is 0 Å². The third-order valence-corrected chi connectivity index (χ3v) is 3.06. The van der Waals surface area contributed by atoms with Crippen molar-refractivity contribution in [1.29, 1.82) is 0 Å². The molecule has 1 rings (SSSR count). The summed E-state index contributed by atoms with van der Waals surface area (Å²) in [5.41, 5.74) is 0. The van der Waals surface area contributed by atoms with Gasteiger partial charge in [0.1, 0.15) is 5.75 Å². The number of rotatable bonds is 5. The molecule has 1 amide bonds. The second-order valence-corrected chi connectivity index (χ2v) is 5.80. The monoisotopic (exact) mass is 333 g/mol. The third-order valence-electron chi connectivity index (χ3n) is 2.25. The summed E-state index contributed by atoms with van der Waals surface area (Å²) in [4.78, 5) is 11.8. The first kappa shape index (κ1) is 15.3. The lowest BCUT2D eigenvalue weighted by molar-refractivity contribution is -0.127. The van der Waals surface area contributed by atoms with Gasteiger partial charge < -0.3 is 10.1 Å². The average Bonchev–Trinajstić information content (AvgIpc) is 2.30. The molecule has 0 saturated carbocycles. The lowest BCUT2D eigenvalue weighted by atomic mass is 10.2. The predicted octanol–water partition coefficient (Wildman–Crippen LogP) is 3.64. The highest BCUT2D eigenvalue weighted by Crippen LogP contribution is 2.28. The van der Waals surface area contributed by atoms with E-state index in [1.54, 1.807) is 19.1 Å². The molecule has 3 nitrogen and oxygen atoms in total. The van der Waals surface area contributed by atoms with Crippen molar-refractivity contribution in [2.75, 3.05) is 6.54 Å². The van der Waals surface area contributed by atoms with Gasteiger partial charge in [-0.15, -0.1) is 0 Å². The molecule has 0 aliphatic rings. The van der Waals surface area contributed by atoms with Crippen molar-refractivity contribution in [3.8, 4) is 5.75 Å². The fraction of sp³-hybridized carbons (Fsp3) is 0.462. The van der Waals surface area contributed by atoms with Crippen LogP contribution < -0.4 is 10.1 Å². The number of benzene rings is 1. The normalized spacial score (nSPS) is 12.3. The zero-order valence-electron chi connectivity index (χ0n) is 10.7. The molecule has 5 heteroatoms. The number of carbonyl (C=O) groups excluding carboxylic acids is 1. The molecule has 0 aliphatic heterocycles. The molecule has 1 N–H and O–H groups in total. The van der Waals surface area contributed by atoms with Crippen LogP contribution in [0, 0.1) is 5.92 Å². The Balaban J connectivity index is 2.60. The molecule has 1 aromatic carbocycles. The lowest BCUT2D eigenvalue weighted by Gasteiger charge is -2.16. The van der Waals surface area contributed by atoms with E-state index in [1.807, 2.05) is 19.9 Å². The summed E-state index contributed by atoms with van der Waals surface area (Å²) in [6.45, 7) is 6.42. The van der Waals surface area contributed by atoms with Crippen LogP contribution in [-0.2, 0) is 4.79 Å². The maximum absolute atomic E-state index is 11.8. The number of ether oxygens (including phenoxy) is 1. The Kier molecular flexibility index (Phi) is 5.96. The smallest absolute Gasteiger partial charge is 0.260 e. The van der Waals surface area contributed by atoms with Gasteiger partial charge in [0.25, 0.3) is 5.91 Å². The van der Waals surface area contributed by atoms with Gasteiger partial charge in [0.2, 0.25) is 0 Å². The molecule has 0 heterocycles. The summed E-state index contributed by atoms with van der Waals surface area (Å²) in [5.74, 6) is 0.772. The molecule has 0 bridgehead atoms.